The molecule has 0 spiro atoms. The summed E-state index contributed by atoms with van der Waals surface area (Å²) in [5.74, 6) is -3.94. The van der Waals surface area contributed by atoms with Crippen LogP contribution in [0.3, 0.4) is 0 Å². The van der Waals surface area contributed by atoms with Gasteiger partial charge in [-0.25, -0.2) is 0 Å². The Labute approximate surface area is 547 Å². The van der Waals surface area contributed by atoms with E-state index >= 15 is 0 Å². The predicted molar refractivity (Wildman–Crippen MR) is 279 cm³/mol. The minimum atomic E-state index is -0.986. The van der Waals surface area contributed by atoms with Gasteiger partial charge >= 0.3 is 56.7 Å². The molecule has 0 amide bonds. The van der Waals surface area contributed by atoms with Crippen LogP contribution in [0.15, 0.2) is 168 Å². The second-order valence-electron chi connectivity index (χ2n) is 15.6. The van der Waals surface area contributed by atoms with Crippen LogP contribution in [0.4, 0.5) is 0 Å². The van der Waals surface area contributed by atoms with Gasteiger partial charge in [0.05, 0.1) is 50.5 Å². The van der Waals surface area contributed by atoms with Crippen LogP contribution in [0.1, 0.15) is 25.7 Å². The topological polar surface area (TPSA) is 474 Å². The summed E-state index contributed by atoms with van der Waals surface area (Å²) in [6.07, 6.45) is 45.1. The van der Waals surface area contributed by atoms with Crippen LogP contribution in [0.5, 0.6) is 0 Å². The first-order chi connectivity index (χ1) is 35.5. The van der Waals surface area contributed by atoms with E-state index in [2.05, 4.69) is 61.2 Å². The van der Waals surface area contributed by atoms with Crippen molar-refractivity contribution in [1.82, 2.24) is 78.2 Å². The molecule has 0 aliphatic carbocycles. The van der Waals surface area contributed by atoms with E-state index in [0.29, 0.717) is 0 Å². The third-order valence-corrected chi connectivity index (χ3v) is 11.6. The molecule has 0 saturated carbocycles. The van der Waals surface area contributed by atoms with Gasteiger partial charge in [-0.1, -0.05) is 0 Å². The molecule has 0 bridgehead atoms. The Morgan fingerprint density at radius 1 is 0.279 bits per heavy atom. The summed E-state index contributed by atoms with van der Waals surface area (Å²) in [7, 11) is 0. The maximum absolute atomic E-state index is 9.92. The second kappa shape index (κ2) is 42.3. The van der Waals surface area contributed by atoms with Gasteiger partial charge in [-0.3, -0.25) is 0 Å². The fourth-order valence-corrected chi connectivity index (χ4v) is 8.25. The molecule has 8 aromatic heterocycles. The van der Waals surface area contributed by atoms with E-state index in [1.165, 1.54) is 0 Å². The van der Waals surface area contributed by atoms with Crippen molar-refractivity contribution in [2.24, 2.45) is 20.4 Å². The van der Waals surface area contributed by atoms with Crippen LogP contribution in [0, 0.1) is 0 Å². The Morgan fingerprint density at radius 2 is 0.419 bits per heavy atom. The van der Waals surface area contributed by atoms with Crippen molar-refractivity contribution in [3.63, 3.8) is 0 Å². The number of aliphatic hydroxyl groups excluding tert-OH is 4. The van der Waals surface area contributed by atoms with Crippen molar-refractivity contribution in [3.05, 3.63) is 148 Å². The van der Waals surface area contributed by atoms with Gasteiger partial charge in [0.2, 0.25) is 0 Å². The number of hydrazone groups is 4. The number of hydrogen-bond acceptors (Lipinski definition) is 16. The van der Waals surface area contributed by atoms with Crippen LogP contribution in [0.2, 0.25) is 0 Å². The van der Waals surface area contributed by atoms with Crippen molar-refractivity contribution in [2.75, 3.05) is 26.4 Å². The van der Waals surface area contributed by atoms with Gasteiger partial charge in [0, 0.05) is 99.1 Å². The molecule has 0 saturated heterocycles. The van der Waals surface area contributed by atoms with E-state index in [1.54, 1.807) is 229 Å². The molecule has 478 valence electrons. The third-order valence-electron chi connectivity index (χ3n) is 11.6. The van der Waals surface area contributed by atoms with E-state index in [0.717, 1.165) is 25.7 Å². The molecule has 0 fully saturated rings. The van der Waals surface area contributed by atoms with Gasteiger partial charge in [-0.05, 0) is 87.7 Å². The molecule has 4 aliphatic heterocycles. The van der Waals surface area contributed by atoms with Crippen molar-refractivity contribution in [2.45, 2.75) is 48.8 Å². The fraction of sp³-hybridized carbons (Fsp3) is 0.273. The van der Waals surface area contributed by atoms with Crippen molar-refractivity contribution < 1.29 is 180 Å². The van der Waals surface area contributed by atoms with Gasteiger partial charge < -0.3 is 128 Å². The molecule has 2 radical (unpaired) electrons. The summed E-state index contributed by atoms with van der Waals surface area (Å²) >= 11 is 0. The zero-order valence-corrected chi connectivity index (χ0v) is 51.2. The van der Waals surface area contributed by atoms with Gasteiger partial charge in [0.25, 0.3) is 0 Å². The van der Waals surface area contributed by atoms with E-state index in [1.807, 2.05) is 24.9 Å². The normalized spacial score (nSPS) is 12.6. The molecule has 34 nitrogen and oxygen atoms in total. The number of nitrogens with zero attached hydrogens (tertiary/aromatic N) is 24. The molecule has 0 atom stereocenters. The Balaban J connectivity index is -0.000000235. The standard InChI is InChI=1S/4C11H13N6O.6ClH.2Co.6H2O/c4*18-10-11(15-7-1-4-12-15,16-8-2-5-13-16)17-9-3-6-14-17;;;;;;;;;;;;;;/h4*1-2,4-9,18H,3,10H2;6*1H;;;6*1H2/q4*+1;;;;;;;2*+2;;;;;;/p-6. The Hall–Kier alpha value is -6.61. The number of rotatable bonds is 16. The maximum atomic E-state index is 9.92. The van der Waals surface area contributed by atoms with E-state index in [-0.39, 0.29) is 167 Å². The zero-order chi connectivity index (χ0) is 49.7. The Bertz CT molecular complexity index is 2630. The molecule has 86 heavy (non-hydrogen) atoms. The quantitative estimate of drug-likeness (QED) is 0.0656. The molecule has 4 aliphatic rings. The molecular formula is C44H64Cl6Co2N24O10+2. The molecule has 12 heterocycles. The van der Waals surface area contributed by atoms with Crippen LogP contribution < -0.4 is 74.4 Å². The van der Waals surface area contributed by atoms with Gasteiger partial charge in [-0.2, -0.15) is 78.2 Å². The number of halogens is 6. The van der Waals surface area contributed by atoms with E-state index in [4.69, 9.17) is 0 Å². The fourth-order valence-electron chi connectivity index (χ4n) is 8.25. The minimum absolute atomic E-state index is 0. The number of aromatic nitrogens is 16. The molecule has 0 unspecified atom stereocenters. The minimum Gasteiger partial charge on any atom is -1.00 e. The molecule has 16 N–H and O–H groups in total. The van der Waals surface area contributed by atoms with Gasteiger partial charge in [0.1, 0.15) is 0 Å². The van der Waals surface area contributed by atoms with E-state index in [9.17, 15) is 20.4 Å². The summed E-state index contributed by atoms with van der Waals surface area (Å²) in [5.41, 5.74) is 0. The summed E-state index contributed by atoms with van der Waals surface area (Å²) in [5, 5.41) is 90.5. The van der Waals surface area contributed by atoms with Crippen LogP contribution in [-0.2, 0) is 56.7 Å². The predicted octanol–water partition coefficient (Wildman–Crippen LogP) is -24.1. The average molecular weight is 1420 g/mol. The monoisotopic (exact) mass is 1420 g/mol. The van der Waals surface area contributed by atoms with Crippen LogP contribution in [0.25, 0.3) is 0 Å². The van der Waals surface area contributed by atoms with Crippen molar-refractivity contribution in [1.29, 1.82) is 0 Å². The summed E-state index contributed by atoms with van der Waals surface area (Å²) in [6, 6.07) is 14.4. The van der Waals surface area contributed by atoms with Crippen molar-refractivity contribution in [3.8, 4) is 0 Å². The largest absolute Gasteiger partial charge is 2.00 e. The Morgan fingerprint density at radius 3 is 0.500 bits per heavy atom. The summed E-state index contributed by atoms with van der Waals surface area (Å²) in [4.78, 5) is 0. The van der Waals surface area contributed by atoms with Crippen LogP contribution >= 0.6 is 0 Å². The molecule has 0 aromatic carbocycles. The molecule has 8 aromatic rings. The molecular weight excluding hydrogens is 1360 g/mol. The Kier molecular flexibility index (Phi) is 44.5. The van der Waals surface area contributed by atoms with Gasteiger partial charge in [-0.15, -0.1) is 0 Å². The SMILES string of the molecule is O.O.O.O.O.O.OCC(n1cccn1)(n1cccn1)[N+]1=CCC=N1.OCC(n1cccn1)(n1cccn1)[N+]1=CCC=N1.OCC(n1cccn1)(n1cccn1)[N+]1=CCC=N1.OCC(n1cccn1)(n1cccn1)[N+]1=CCC=N1.[Cl-].[Cl-].[Cl-].[Cl-].[Cl-].[Cl-].[Co+2].[Co+2]. The number of aliphatic hydroxyl groups is 4. The average Bonchev–Trinajstić information content (AvgIpc) is 4.22. The van der Waals surface area contributed by atoms with E-state index < -0.39 is 23.1 Å². The smallest absolute Gasteiger partial charge is 1.00 e. The summed E-state index contributed by atoms with van der Waals surface area (Å²) in [6.45, 7) is -0.817. The summed E-state index contributed by atoms with van der Waals surface area (Å²) < 4.78 is 19.8. The zero-order valence-electron chi connectivity index (χ0n) is 44.6. The van der Waals surface area contributed by atoms with Gasteiger partial charge in [0.15, 0.2) is 51.3 Å². The maximum Gasteiger partial charge on any atom is 2.00 e. The van der Waals surface area contributed by atoms with Crippen LogP contribution in [-0.4, -0.2) is 226 Å². The molecule has 42 heteroatoms. The third kappa shape index (κ3) is 17.3. The first kappa shape index (κ1) is 90.6. The van der Waals surface area contributed by atoms with Crippen molar-refractivity contribution >= 4 is 49.7 Å². The molecule has 12 rings (SSSR count). The second-order valence-corrected chi connectivity index (χ2v) is 15.6. The first-order valence-corrected chi connectivity index (χ1v) is 22.6. The first-order valence-electron chi connectivity index (χ1n) is 22.6. The number of hydrogen-bond donors (Lipinski definition) is 4.